The normalized spacial score (nSPS) is 19.7. The third kappa shape index (κ3) is 5.82. The zero-order valence-corrected chi connectivity index (χ0v) is 20.2. The zero-order chi connectivity index (χ0) is 24.2. The molecule has 1 aromatic carbocycles. The number of carbonyl (C=O) groups excluding carboxylic acids is 2. The Morgan fingerprint density at radius 2 is 1.80 bits per heavy atom. The lowest BCUT2D eigenvalue weighted by molar-refractivity contribution is -0.119. The number of rotatable bonds is 8. The van der Waals surface area contributed by atoms with Crippen molar-refractivity contribution in [1.29, 1.82) is 0 Å². The van der Waals surface area contributed by atoms with Gasteiger partial charge in [0.05, 0.1) is 30.2 Å². The van der Waals surface area contributed by atoms with E-state index in [0.29, 0.717) is 38.4 Å². The third-order valence-corrected chi connectivity index (χ3v) is 7.46. The molecule has 186 valence electrons. The lowest BCUT2D eigenvalue weighted by atomic mass is 10.00. The highest BCUT2D eigenvalue weighted by Crippen LogP contribution is 2.26. The number of amides is 3. The number of pyridine rings is 1. The summed E-state index contributed by atoms with van der Waals surface area (Å²) >= 11 is 0. The zero-order valence-electron chi connectivity index (χ0n) is 20.2. The first-order chi connectivity index (χ1) is 17.0. The second-order valence-corrected chi connectivity index (χ2v) is 10.1. The van der Waals surface area contributed by atoms with Crippen LogP contribution in [-0.2, 0) is 24.3 Å². The summed E-state index contributed by atoms with van der Waals surface area (Å²) < 4.78 is 0. The smallest absolute Gasteiger partial charge is 0.320 e. The van der Waals surface area contributed by atoms with Crippen LogP contribution in [0.2, 0.25) is 0 Å². The Morgan fingerprint density at radius 3 is 2.57 bits per heavy atom. The Kier molecular flexibility index (Phi) is 7.29. The number of aromatic nitrogens is 1. The molecule has 3 aliphatic rings. The molecule has 3 heterocycles. The molecular formula is C27H35N5O3. The standard InChI is InChI=1S/C27H35N5O3/c33-25(18-30-12-11-20-5-1-4-8-22(20)16-30)19-32-14-13-31(27(32)35)17-24-10-9-23(15-28-24)29-26(34)21-6-2-3-7-21/h1,4-5,8-10,15,21,25,33H,2-3,6-7,11-14,16-19H2,(H,29,34)/t25-/m1/s1. The minimum absolute atomic E-state index is 0.0616. The van der Waals surface area contributed by atoms with Gasteiger partial charge in [-0.25, -0.2) is 4.79 Å². The van der Waals surface area contributed by atoms with Crippen molar-refractivity contribution in [2.75, 3.05) is 38.0 Å². The fraction of sp³-hybridized carbons (Fsp3) is 0.519. The van der Waals surface area contributed by atoms with Gasteiger partial charge in [-0.05, 0) is 42.5 Å². The number of hydrogen-bond donors (Lipinski definition) is 2. The van der Waals surface area contributed by atoms with Crippen LogP contribution in [0.3, 0.4) is 0 Å². The van der Waals surface area contributed by atoms with Crippen LogP contribution in [0.1, 0.15) is 42.5 Å². The number of nitrogens with one attached hydrogen (secondary N) is 1. The summed E-state index contributed by atoms with van der Waals surface area (Å²) in [6.45, 7) is 4.32. The van der Waals surface area contributed by atoms with Gasteiger partial charge in [-0.1, -0.05) is 37.1 Å². The van der Waals surface area contributed by atoms with Gasteiger partial charge in [-0.2, -0.15) is 0 Å². The monoisotopic (exact) mass is 477 g/mol. The summed E-state index contributed by atoms with van der Waals surface area (Å²) in [6, 6.07) is 12.1. The van der Waals surface area contributed by atoms with Crippen molar-refractivity contribution in [3.05, 3.63) is 59.4 Å². The van der Waals surface area contributed by atoms with E-state index in [0.717, 1.165) is 50.9 Å². The lowest BCUT2D eigenvalue weighted by Gasteiger charge is -2.31. The second kappa shape index (κ2) is 10.7. The van der Waals surface area contributed by atoms with Crippen molar-refractivity contribution in [2.24, 2.45) is 5.92 Å². The van der Waals surface area contributed by atoms with Crippen molar-refractivity contribution < 1.29 is 14.7 Å². The molecule has 0 radical (unpaired) electrons. The summed E-state index contributed by atoms with van der Waals surface area (Å²) in [5.74, 6) is 0.193. The van der Waals surface area contributed by atoms with Crippen LogP contribution in [0.25, 0.3) is 0 Å². The number of β-amino-alcohol motifs (C(OH)–C–C–N with tert-alkyl or cyclic N) is 1. The number of urea groups is 1. The topological polar surface area (TPSA) is 89.0 Å². The molecule has 0 bridgehead atoms. The fourth-order valence-electron chi connectivity index (χ4n) is 5.49. The third-order valence-electron chi connectivity index (χ3n) is 7.46. The molecule has 1 saturated carbocycles. The highest BCUT2D eigenvalue weighted by atomic mass is 16.3. The molecule has 3 amide bonds. The van der Waals surface area contributed by atoms with Crippen LogP contribution >= 0.6 is 0 Å². The number of aliphatic hydroxyl groups excluding tert-OH is 1. The van der Waals surface area contributed by atoms with Gasteiger partial charge in [0.1, 0.15) is 0 Å². The van der Waals surface area contributed by atoms with E-state index in [-0.39, 0.29) is 17.9 Å². The molecule has 1 saturated heterocycles. The molecular weight excluding hydrogens is 442 g/mol. The van der Waals surface area contributed by atoms with Crippen molar-refractivity contribution >= 4 is 17.6 Å². The molecule has 1 aliphatic carbocycles. The van der Waals surface area contributed by atoms with E-state index < -0.39 is 6.10 Å². The van der Waals surface area contributed by atoms with Crippen LogP contribution in [0.4, 0.5) is 10.5 Å². The van der Waals surface area contributed by atoms with Gasteiger partial charge in [0.15, 0.2) is 0 Å². The fourth-order valence-corrected chi connectivity index (χ4v) is 5.49. The number of carbonyl (C=O) groups is 2. The molecule has 35 heavy (non-hydrogen) atoms. The van der Waals surface area contributed by atoms with Gasteiger partial charge in [0.2, 0.25) is 5.91 Å². The molecule has 0 unspecified atom stereocenters. The van der Waals surface area contributed by atoms with Crippen molar-refractivity contribution in [1.82, 2.24) is 19.7 Å². The van der Waals surface area contributed by atoms with Crippen LogP contribution in [0, 0.1) is 5.92 Å². The Hall–Kier alpha value is -2.97. The predicted octanol–water partition coefficient (Wildman–Crippen LogP) is 2.87. The van der Waals surface area contributed by atoms with Gasteiger partial charge < -0.3 is 20.2 Å². The summed E-state index contributed by atoms with van der Waals surface area (Å²) in [4.78, 5) is 35.4. The van der Waals surface area contributed by atoms with E-state index in [4.69, 9.17) is 0 Å². The molecule has 2 aromatic rings. The second-order valence-electron chi connectivity index (χ2n) is 10.1. The van der Waals surface area contributed by atoms with E-state index in [1.165, 1.54) is 11.1 Å². The van der Waals surface area contributed by atoms with Crippen molar-refractivity contribution in [2.45, 2.75) is 51.3 Å². The van der Waals surface area contributed by atoms with Gasteiger partial charge in [0, 0.05) is 45.2 Å². The van der Waals surface area contributed by atoms with Crippen molar-refractivity contribution in [3.63, 3.8) is 0 Å². The first-order valence-corrected chi connectivity index (χ1v) is 12.8. The summed E-state index contributed by atoms with van der Waals surface area (Å²) in [7, 11) is 0. The maximum absolute atomic E-state index is 12.9. The van der Waals surface area contributed by atoms with E-state index in [2.05, 4.69) is 39.5 Å². The predicted molar refractivity (Wildman–Crippen MR) is 134 cm³/mol. The van der Waals surface area contributed by atoms with Gasteiger partial charge in [0.25, 0.3) is 0 Å². The maximum atomic E-state index is 12.9. The van der Waals surface area contributed by atoms with E-state index >= 15 is 0 Å². The molecule has 0 spiro atoms. The molecule has 2 fully saturated rings. The highest BCUT2D eigenvalue weighted by molar-refractivity contribution is 5.92. The summed E-state index contributed by atoms with van der Waals surface area (Å²) in [5.41, 5.74) is 4.20. The van der Waals surface area contributed by atoms with Crippen LogP contribution in [-0.4, -0.2) is 75.6 Å². The maximum Gasteiger partial charge on any atom is 0.320 e. The Morgan fingerprint density at radius 1 is 1.03 bits per heavy atom. The Labute approximate surface area is 206 Å². The Bertz CT molecular complexity index is 1040. The van der Waals surface area contributed by atoms with Gasteiger partial charge in [-0.3, -0.25) is 14.7 Å². The number of aliphatic hydroxyl groups is 1. The van der Waals surface area contributed by atoms with E-state index in [9.17, 15) is 14.7 Å². The average Bonchev–Trinajstić information content (AvgIpc) is 3.52. The SMILES string of the molecule is O=C(Nc1ccc(CN2CCN(C[C@H](O)CN3CCc4ccccc4C3)C2=O)nc1)C1CCCC1. The molecule has 2 aliphatic heterocycles. The minimum Gasteiger partial charge on any atom is -0.390 e. The van der Waals surface area contributed by atoms with E-state index in [1.54, 1.807) is 16.0 Å². The molecule has 1 aromatic heterocycles. The van der Waals surface area contributed by atoms with E-state index in [1.807, 2.05) is 12.1 Å². The molecule has 8 heteroatoms. The van der Waals surface area contributed by atoms with Crippen LogP contribution in [0.15, 0.2) is 42.6 Å². The largest absolute Gasteiger partial charge is 0.390 e. The van der Waals surface area contributed by atoms with Gasteiger partial charge in [-0.15, -0.1) is 0 Å². The lowest BCUT2D eigenvalue weighted by Crippen LogP contribution is -2.43. The number of nitrogens with zero attached hydrogens (tertiary/aromatic N) is 4. The number of benzene rings is 1. The average molecular weight is 478 g/mol. The van der Waals surface area contributed by atoms with Crippen LogP contribution < -0.4 is 5.32 Å². The summed E-state index contributed by atoms with van der Waals surface area (Å²) in [6.07, 6.45) is 6.26. The first-order valence-electron chi connectivity index (χ1n) is 12.8. The number of hydrogen-bond acceptors (Lipinski definition) is 5. The first kappa shape index (κ1) is 23.8. The number of anilines is 1. The summed E-state index contributed by atoms with van der Waals surface area (Å²) in [5, 5.41) is 13.6. The number of fused-ring (bicyclic) bond motifs is 1. The van der Waals surface area contributed by atoms with Gasteiger partial charge >= 0.3 is 6.03 Å². The van der Waals surface area contributed by atoms with Crippen LogP contribution in [0.5, 0.6) is 0 Å². The van der Waals surface area contributed by atoms with Crippen molar-refractivity contribution in [3.8, 4) is 0 Å². The Balaban J connectivity index is 1.08. The minimum atomic E-state index is -0.579. The molecule has 8 nitrogen and oxygen atoms in total. The quantitative estimate of drug-likeness (QED) is 0.610. The molecule has 1 atom stereocenters. The highest BCUT2D eigenvalue weighted by Gasteiger charge is 2.31. The molecule has 5 rings (SSSR count). The molecule has 2 N–H and O–H groups in total.